The first-order chi connectivity index (χ1) is 19.2. The van der Waals surface area contributed by atoms with Crippen molar-refractivity contribution in [3.8, 4) is 5.75 Å². The molecule has 2 atom stereocenters. The Morgan fingerprint density at radius 2 is 1.52 bits per heavy atom. The van der Waals surface area contributed by atoms with E-state index in [4.69, 9.17) is 21.9 Å². The number of nitrogens with one attached hydrogen (secondary N) is 2. The Bertz CT molecular complexity index is 1030. The fourth-order valence-electron chi connectivity index (χ4n) is 4.01. The molecule has 0 saturated heterocycles. The molecule has 0 aliphatic rings. The Morgan fingerprint density at radius 3 is 2.12 bits per heavy atom. The molecule has 0 heterocycles. The third-order valence-electron chi connectivity index (χ3n) is 6.43. The highest BCUT2D eigenvalue weighted by Crippen LogP contribution is 2.14. The number of nitrogens with zero attached hydrogens (tertiary/aromatic N) is 1. The van der Waals surface area contributed by atoms with Crippen LogP contribution < -0.4 is 32.6 Å². The van der Waals surface area contributed by atoms with E-state index in [2.05, 4.69) is 24.5 Å². The summed E-state index contributed by atoms with van der Waals surface area (Å²) in [6.07, 6.45) is 1.73. The fourth-order valence-corrected chi connectivity index (χ4v) is 4.01. The van der Waals surface area contributed by atoms with E-state index in [9.17, 15) is 14.4 Å². The van der Waals surface area contributed by atoms with Gasteiger partial charge in [-0.15, -0.1) is 0 Å². The summed E-state index contributed by atoms with van der Waals surface area (Å²) in [5, 5.41) is 5.67. The molecule has 0 aliphatic heterocycles. The van der Waals surface area contributed by atoms with Gasteiger partial charge >= 0.3 is 0 Å². The van der Waals surface area contributed by atoms with Crippen LogP contribution in [-0.4, -0.2) is 67.5 Å². The smallest absolute Gasteiger partial charge is 0.242 e. The first kappa shape index (κ1) is 32.7. The highest BCUT2D eigenvalue weighted by atomic mass is 16.5. The van der Waals surface area contributed by atoms with Crippen LogP contribution in [0.25, 0.3) is 0 Å². The number of carbonyl (C=O) groups excluding carboxylic acids is 3. The van der Waals surface area contributed by atoms with Crippen LogP contribution in [0.15, 0.2) is 54.6 Å². The molecular formula is C30H46N6O4. The summed E-state index contributed by atoms with van der Waals surface area (Å²) in [5.74, 6) is 0.156. The molecule has 8 N–H and O–H groups in total. The molecule has 0 unspecified atom stereocenters. The number of hydrogen-bond donors (Lipinski definition) is 5. The Balaban J connectivity index is 1.99. The summed E-state index contributed by atoms with van der Waals surface area (Å²) in [5.41, 5.74) is 19.2. The van der Waals surface area contributed by atoms with Crippen molar-refractivity contribution in [3.63, 3.8) is 0 Å². The predicted molar refractivity (Wildman–Crippen MR) is 157 cm³/mol. The van der Waals surface area contributed by atoms with Gasteiger partial charge in [-0.05, 0) is 48.4 Å². The van der Waals surface area contributed by atoms with Crippen molar-refractivity contribution in [2.24, 2.45) is 23.1 Å². The second kappa shape index (κ2) is 18.0. The van der Waals surface area contributed by atoms with Gasteiger partial charge in [0, 0.05) is 32.7 Å². The molecule has 220 valence electrons. The topological polar surface area (TPSA) is 166 Å². The second-order valence-electron chi connectivity index (χ2n) is 10.2. The average molecular weight is 555 g/mol. The highest BCUT2D eigenvalue weighted by molar-refractivity contribution is 5.92. The number of benzene rings is 2. The summed E-state index contributed by atoms with van der Waals surface area (Å²) >= 11 is 0. The van der Waals surface area contributed by atoms with E-state index >= 15 is 0 Å². The standard InChI is InChI=1S/C30H46N6O4/c1-22(2)14-19-40-25-11-8-24(9-12-25)21-34-30(39)27(13-10-23-6-4-3-5-7-23)35-29(38)26(33)20-28(37)36(17-15-31)18-16-32/h3-9,11-12,22,26-27H,10,13-21,31-33H2,1-2H3,(H,34,39)(H,35,38)/t26-,27-/m0/s1. The molecule has 2 aromatic carbocycles. The van der Waals surface area contributed by atoms with Gasteiger partial charge in [-0.2, -0.15) is 0 Å². The number of aryl methyl sites for hydroxylation is 1. The molecule has 0 saturated carbocycles. The van der Waals surface area contributed by atoms with Crippen molar-refractivity contribution >= 4 is 17.7 Å². The molecule has 10 heteroatoms. The molecular weight excluding hydrogens is 508 g/mol. The van der Waals surface area contributed by atoms with Gasteiger partial charge in [0.2, 0.25) is 17.7 Å². The van der Waals surface area contributed by atoms with Crippen molar-refractivity contribution < 1.29 is 19.1 Å². The number of ether oxygens (including phenoxy) is 1. The third kappa shape index (κ3) is 12.1. The molecule has 0 bridgehead atoms. The summed E-state index contributed by atoms with van der Waals surface area (Å²) in [7, 11) is 0. The maximum Gasteiger partial charge on any atom is 0.242 e. The quantitative estimate of drug-likeness (QED) is 0.185. The van der Waals surface area contributed by atoms with Crippen LogP contribution in [0.2, 0.25) is 0 Å². The van der Waals surface area contributed by atoms with Crippen LogP contribution in [0.3, 0.4) is 0 Å². The molecule has 2 rings (SSSR count). The predicted octanol–water partition coefficient (Wildman–Crippen LogP) is 1.31. The first-order valence-corrected chi connectivity index (χ1v) is 14.0. The lowest BCUT2D eigenvalue weighted by molar-refractivity contribution is -0.135. The summed E-state index contributed by atoms with van der Waals surface area (Å²) < 4.78 is 5.76. The molecule has 3 amide bonds. The van der Waals surface area contributed by atoms with E-state index in [1.165, 1.54) is 4.90 Å². The Kier molecular flexibility index (Phi) is 14.7. The minimum absolute atomic E-state index is 0.204. The summed E-state index contributed by atoms with van der Waals surface area (Å²) in [6.45, 7) is 6.47. The zero-order valence-corrected chi connectivity index (χ0v) is 23.8. The molecule has 10 nitrogen and oxygen atoms in total. The van der Waals surface area contributed by atoms with Gasteiger partial charge in [0.05, 0.1) is 19.1 Å². The van der Waals surface area contributed by atoms with E-state index in [0.29, 0.717) is 45.0 Å². The van der Waals surface area contributed by atoms with Crippen LogP contribution in [0.5, 0.6) is 5.75 Å². The van der Waals surface area contributed by atoms with Gasteiger partial charge in [0.15, 0.2) is 0 Å². The molecule has 0 aromatic heterocycles. The van der Waals surface area contributed by atoms with Crippen LogP contribution in [-0.2, 0) is 27.3 Å². The molecule has 2 aromatic rings. The van der Waals surface area contributed by atoms with E-state index < -0.39 is 18.0 Å². The van der Waals surface area contributed by atoms with Gasteiger partial charge < -0.3 is 37.5 Å². The number of carbonyl (C=O) groups is 3. The van der Waals surface area contributed by atoms with Crippen LogP contribution in [0.4, 0.5) is 0 Å². The van der Waals surface area contributed by atoms with Crippen LogP contribution >= 0.6 is 0 Å². The summed E-state index contributed by atoms with van der Waals surface area (Å²) in [6, 6.07) is 15.3. The van der Waals surface area contributed by atoms with E-state index in [1.807, 2.05) is 54.6 Å². The largest absolute Gasteiger partial charge is 0.494 e. The first-order valence-electron chi connectivity index (χ1n) is 14.0. The molecule has 0 fully saturated rings. The SMILES string of the molecule is CC(C)CCOc1ccc(CNC(=O)[C@H](CCc2ccccc2)NC(=O)[C@@H](N)CC(=O)N(CCN)CCN)cc1. The van der Waals surface area contributed by atoms with Gasteiger partial charge in [-0.3, -0.25) is 14.4 Å². The zero-order valence-electron chi connectivity index (χ0n) is 23.8. The van der Waals surface area contributed by atoms with Crippen LogP contribution in [0.1, 0.15) is 44.2 Å². The van der Waals surface area contributed by atoms with Gasteiger partial charge in [-0.25, -0.2) is 0 Å². The Morgan fingerprint density at radius 1 is 0.875 bits per heavy atom. The highest BCUT2D eigenvalue weighted by Gasteiger charge is 2.26. The maximum absolute atomic E-state index is 13.2. The monoisotopic (exact) mass is 554 g/mol. The Hall–Kier alpha value is -3.47. The molecule has 0 aliphatic carbocycles. The van der Waals surface area contributed by atoms with Gasteiger partial charge in [-0.1, -0.05) is 56.3 Å². The van der Waals surface area contributed by atoms with Gasteiger partial charge in [0.1, 0.15) is 11.8 Å². The summed E-state index contributed by atoms with van der Waals surface area (Å²) in [4.78, 5) is 40.2. The average Bonchev–Trinajstić information content (AvgIpc) is 2.94. The Labute approximate surface area is 238 Å². The number of rotatable bonds is 18. The zero-order chi connectivity index (χ0) is 29.3. The normalized spacial score (nSPS) is 12.4. The molecule has 0 spiro atoms. The van der Waals surface area contributed by atoms with E-state index in [-0.39, 0.29) is 31.3 Å². The minimum atomic E-state index is -1.11. The van der Waals surface area contributed by atoms with E-state index in [1.54, 1.807) is 0 Å². The lowest BCUT2D eigenvalue weighted by Gasteiger charge is -2.24. The molecule has 0 radical (unpaired) electrons. The minimum Gasteiger partial charge on any atom is -0.494 e. The van der Waals surface area contributed by atoms with E-state index in [0.717, 1.165) is 23.3 Å². The molecule has 40 heavy (non-hydrogen) atoms. The van der Waals surface area contributed by atoms with Crippen molar-refractivity contribution in [1.29, 1.82) is 0 Å². The van der Waals surface area contributed by atoms with Gasteiger partial charge in [0.25, 0.3) is 0 Å². The maximum atomic E-state index is 13.2. The van der Waals surface area contributed by atoms with Crippen molar-refractivity contribution in [1.82, 2.24) is 15.5 Å². The number of amides is 3. The van der Waals surface area contributed by atoms with Crippen molar-refractivity contribution in [2.75, 3.05) is 32.8 Å². The lowest BCUT2D eigenvalue weighted by atomic mass is 10.0. The fraction of sp³-hybridized carbons (Fsp3) is 0.500. The van der Waals surface area contributed by atoms with Crippen LogP contribution in [0, 0.1) is 5.92 Å². The number of hydrogen-bond acceptors (Lipinski definition) is 7. The van der Waals surface area contributed by atoms with Crippen molar-refractivity contribution in [3.05, 3.63) is 65.7 Å². The second-order valence-corrected chi connectivity index (χ2v) is 10.2. The third-order valence-corrected chi connectivity index (χ3v) is 6.43. The van der Waals surface area contributed by atoms with Crippen molar-refractivity contribution in [2.45, 2.75) is 58.2 Å². The number of nitrogens with two attached hydrogens (primary N) is 3. The lowest BCUT2D eigenvalue weighted by Crippen LogP contribution is -2.53.